The summed E-state index contributed by atoms with van der Waals surface area (Å²) in [6.07, 6.45) is 0. The average molecular weight is 354 g/mol. The molecule has 4 aromatic rings. The normalized spacial score (nSPS) is 11.1. The molecule has 4 rings (SSSR count). The van der Waals surface area contributed by atoms with Gasteiger partial charge in [0, 0.05) is 23.3 Å². The highest BCUT2D eigenvalue weighted by Gasteiger charge is 2.16. The Bertz CT molecular complexity index is 1010. The van der Waals surface area contributed by atoms with Crippen LogP contribution in [0.3, 0.4) is 0 Å². The minimum absolute atomic E-state index is 0.125. The maximum absolute atomic E-state index is 13.7. The van der Waals surface area contributed by atoms with E-state index < -0.39 is 23.3 Å². The molecule has 0 aliphatic carbocycles. The molecule has 1 aromatic heterocycles. The van der Waals surface area contributed by atoms with Crippen LogP contribution in [0.4, 0.5) is 17.6 Å². The van der Waals surface area contributed by atoms with Gasteiger partial charge in [-0.1, -0.05) is 12.1 Å². The highest BCUT2D eigenvalue weighted by atomic mass is 19.1. The van der Waals surface area contributed by atoms with Crippen molar-refractivity contribution in [2.45, 2.75) is 0 Å². The zero-order valence-corrected chi connectivity index (χ0v) is 13.2. The van der Waals surface area contributed by atoms with Gasteiger partial charge in [-0.25, -0.2) is 27.5 Å². The van der Waals surface area contributed by atoms with Crippen molar-refractivity contribution < 1.29 is 17.6 Å². The van der Waals surface area contributed by atoms with E-state index in [2.05, 4.69) is 9.97 Å². The summed E-state index contributed by atoms with van der Waals surface area (Å²) in [4.78, 5) is 8.85. The maximum atomic E-state index is 13.7. The molecule has 0 amide bonds. The lowest BCUT2D eigenvalue weighted by molar-refractivity contribution is 0.583. The number of hydrogen-bond acceptors (Lipinski definition) is 2. The molecule has 3 aromatic carbocycles. The molecule has 0 aliphatic heterocycles. The Morgan fingerprint density at radius 3 is 1.19 bits per heavy atom. The predicted molar refractivity (Wildman–Crippen MR) is 90.2 cm³/mol. The van der Waals surface area contributed by atoms with Gasteiger partial charge in [0.2, 0.25) is 0 Å². The first-order valence-corrected chi connectivity index (χ1v) is 7.69. The Morgan fingerprint density at radius 2 is 0.846 bits per heavy atom. The smallest absolute Gasteiger partial charge is 0.126 e. The number of hydrogen-bond donors (Lipinski definition) is 0. The van der Waals surface area contributed by atoms with E-state index in [9.17, 15) is 17.6 Å². The van der Waals surface area contributed by atoms with Crippen molar-refractivity contribution in [1.29, 1.82) is 0 Å². The van der Waals surface area contributed by atoms with E-state index in [1.807, 2.05) is 0 Å². The molecule has 0 unspecified atom stereocenters. The molecule has 0 radical (unpaired) electrons. The molecule has 0 N–H and O–H groups in total. The van der Waals surface area contributed by atoms with Crippen LogP contribution in [0.15, 0.2) is 60.7 Å². The second-order valence-corrected chi connectivity index (χ2v) is 5.73. The quantitative estimate of drug-likeness (QED) is 0.443. The molecular formula is C20H10F4N2. The fraction of sp³-hybridized carbons (Fsp3) is 0. The third-order valence-corrected chi connectivity index (χ3v) is 3.84. The summed E-state index contributed by atoms with van der Waals surface area (Å²) in [5.74, 6) is -3.14. The zero-order valence-electron chi connectivity index (χ0n) is 13.2. The van der Waals surface area contributed by atoms with Crippen LogP contribution in [0.2, 0.25) is 0 Å². The van der Waals surface area contributed by atoms with Gasteiger partial charge in [0.1, 0.15) is 23.3 Å². The van der Waals surface area contributed by atoms with Crippen LogP contribution < -0.4 is 0 Å². The van der Waals surface area contributed by atoms with Crippen LogP contribution in [0.25, 0.3) is 33.5 Å². The van der Waals surface area contributed by atoms with Crippen LogP contribution in [0.1, 0.15) is 0 Å². The minimum atomic E-state index is -0.786. The average Bonchev–Trinajstić information content (AvgIpc) is 2.59. The third kappa shape index (κ3) is 3.01. The SMILES string of the molecule is Fc1cc(F)cc(-c2nc3ccccc3nc2-c2cc(F)cc(F)c2)c1. The molecule has 26 heavy (non-hydrogen) atoms. The van der Waals surface area contributed by atoms with Crippen LogP contribution in [0.5, 0.6) is 0 Å². The summed E-state index contributed by atoms with van der Waals surface area (Å²) in [6, 6.07) is 12.7. The lowest BCUT2D eigenvalue weighted by Gasteiger charge is -2.11. The Morgan fingerprint density at radius 1 is 0.500 bits per heavy atom. The monoisotopic (exact) mass is 354 g/mol. The van der Waals surface area contributed by atoms with Crippen molar-refractivity contribution in [3.8, 4) is 22.5 Å². The highest BCUT2D eigenvalue weighted by molar-refractivity contribution is 5.86. The number of para-hydroxylation sites is 2. The summed E-state index contributed by atoms with van der Waals surface area (Å²) in [5, 5.41) is 0. The van der Waals surface area contributed by atoms with Crippen molar-refractivity contribution >= 4 is 11.0 Å². The highest BCUT2D eigenvalue weighted by Crippen LogP contribution is 2.32. The molecule has 0 spiro atoms. The van der Waals surface area contributed by atoms with E-state index in [-0.39, 0.29) is 22.5 Å². The minimum Gasteiger partial charge on any atom is -0.244 e. The van der Waals surface area contributed by atoms with Crippen molar-refractivity contribution in [2.24, 2.45) is 0 Å². The van der Waals surface area contributed by atoms with Crippen LogP contribution in [-0.4, -0.2) is 9.97 Å². The fourth-order valence-corrected chi connectivity index (χ4v) is 2.78. The summed E-state index contributed by atoms with van der Waals surface area (Å²) >= 11 is 0. The first-order valence-electron chi connectivity index (χ1n) is 7.69. The Balaban J connectivity index is 2.06. The largest absolute Gasteiger partial charge is 0.244 e. The van der Waals surface area contributed by atoms with E-state index in [4.69, 9.17) is 0 Å². The number of nitrogens with zero attached hydrogens (tertiary/aromatic N) is 2. The van der Waals surface area contributed by atoms with Crippen LogP contribution >= 0.6 is 0 Å². The molecule has 0 saturated heterocycles. The Hall–Kier alpha value is -3.28. The number of rotatable bonds is 2. The van der Waals surface area contributed by atoms with Crippen LogP contribution in [0, 0.1) is 23.3 Å². The van der Waals surface area contributed by atoms with Gasteiger partial charge in [-0.2, -0.15) is 0 Å². The van der Waals surface area contributed by atoms with E-state index in [0.29, 0.717) is 11.0 Å². The predicted octanol–water partition coefficient (Wildman–Crippen LogP) is 5.52. The number of benzene rings is 3. The molecule has 2 nitrogen and oxygen atoms in total. The summed E-state index contributed by atoms with van der Waals surface area (Å²) < 4.78 is 54.7. The van der Waals surface area contributed by atoms with Crippen molar-refractivity contribution in [1.82, 2.24) is 9.97 Å². The van der Waals surface area contributed by atoms with Gasteiger partial charge in [-0.3, -0.25) is 0 Å². The second-order valence-electron chi connectivity index (χ2n) is 5.73. The summed E-state index contributed by atoms with van der Waals surface area (Å²) in [5.41, 5.74) is 1.50. The van der Waals surface area contributed by atoms with E-state index in [1.165, 1.54) is 0 Å². The van der Waals surface area contributed by atoms with E-state index in [0.717, 1.165) is 36.4 Å². The second kappa shape index (κ2) is 6.22. The van der Waals surface area contributed by atoms with Crippen LogP contribution in [-0.2, 0) is 0 Å². The van der Waals surface area contributed by atoms with Crippen molar-refractivity contribution in [3.63, 3.8) is 0 Å². The molecule has 128 valence electrons. The first-order chi connectivity index (χ1) is 12.5. The third-order valence-electron chi connectivity index (χ3n) is 3.84. The van der Waals surface area contributed by atoms with Gasteiger partial charge in [-0.05, 0) is 36.4 Å². The molecule has 0 saturated carbocycles. The van der Waals surface area contributed by atoms with Gasteiger partial charge in [0.15, 0.2) is 0 Å². The molecule has 0 bridgehead atoms. The molecule has 0 aliphatic rings. The van der Waals surface area contributed by atoms with Crippen molar-refractivity contribution in [3.05, 3.63) is 83.9 Å². The number of aromatic nitrogens is 2. The molecule has 0 fully saturated rings. The van der Waals surface area contributed by atoms with Gasteiger partial charge in [-0.15, -0.1) is 0 Å². The van der Waals surface area contributed by atoms with E-state index >= 15 is 0 Å². The molecule has 0 atom stereocenters. The number of fused-ring (bicyclic) bond motifs is 1. The fourth-order valence-electron chi connectivity index (χ4n) is 2.78. The molecule has 6 heteroatoms. The van der Waals surface area contributed by atoms with Gasteiger partial charge >= 0.3 is 0 Å². The summed E-state index contributed by atoms with van der Waals surface area (Å²) in [7, 11) is 0. The van der Waals surface area contributed by atoms with Gasteiger partial charge in [0.25, 0.3) is 0 Å². The topological polar surface area (TPSA) is 25.8 Å². The van der Waals surface area contributed by atoms with Crippen molar-refractivity contribution in [2.75, 3.05) is 0 Å². The van der Waals surface area contributed by atoms with Gasteiger partial charge in [0.05, 0.1) is 22.4 Å². The van der Waals surface area contributed by atoms with E-state index in [1.54, 1.807) is 24.3 Å². The zero-order chi connectivity index (χ0) is 18.3. The Kier molecular flexibility index (Phi) is 3.88. The maximum Gasteiger partial charge on any atom is 0.126 e. The lowest BCUT2D eigenvalue weighted by atomic mass is 10.0. The Labute approximate surface area is 145 Å². The number of halogens is 4. The lowest BCUT2D eigenvalue weighted by Crippen LogP contribution is -1.97. The molecule has 1 heterocycles. The first kappa shape index (κ1) is 16.2. The summed E-state index contributed by atoms with van der Waals surface area (Å²) in [6.45, 7) is 0. The molecular weight excluding hydrogens is 344 g/mol. The van der Waals surface area contributed by atoms with Gasteiger partial charge < -0.3 is 0 Å². The standard InChI is InChI=1S/C20H10F4N2/c21-13-5-11(6-14(22)9-13)19-20(12-7-15(23)10-16(24)8-12)26-18-4-2-1-3-17(18)25-19/h1-10H.